The molecule has 0 aliphatic carbocycles. The van der Waals surface area contributed by atoms with Gasteiger partial charge in [-0.3, -0.25) is 4.79 Å². The van der Waals surface area contributed by atoms with E-state index in [2.05, 4.69) is 25.9 Å². The van der Waals surface area contributed by atoms with E-state index in [9.17, 15) is 9.18 Å². The summed E-state index contributed by atoms with van der Waals surface area (Å²) in [5, 5.41) is 10.7. The fourth-order valence-electron chi connectivity index (χ4n) is 2.32. The molecule has 0 saturated carbocycles. The normalized spacial score (nSPS) is 11.5. The van der Waals surface area contributed by atoms with Crippen LogP contribution in [-0.2, 0) is 0 Å². The SMILES string of the molecule is CC(NC(=S)Nc1cccnc1NC(=O)c1cscn1)c1ccc(Cl)c(F)c1. The number of carbonyl (C=O) groups is 1. The molecule has 0 bridgehead atoms. The van der Waals surface area contributed by atoms with E-state index in [4.69, 9.17) is 23.8 Å². The molecule has 0 aliphatic rings. The summed E-state index contributed by atoms with van der Waals surface area (Å²) in [4.78, 5) is 20.3. The fraction of sp³-hybridized carbons (Fsp3) is 0.111. The number of thiazole rings is 1. The summed E-state index contributed by atoms with van der Waals surface area (Å²) >= 11 is 12.4. The van der Waals surface area contributed by atoms with Gasteiger partial charge in [-0.25, -0.2) is 14.4 Å². The van der Waals surface area contributed by atoms with Gasteiger partial charge < -0.3 is 16.0 Å². The number of hydrogen-bond donors (Lipinski definition) is 3. The highest BCUT2D eigenvalue weighted by Crippen LogP contribution is 2.22. The quantitative estimate of drug-likeness (QED) is 0.507. The van der Waals surface area contributed by atoms with Gasteiger partial charge in [0, 0.05) is 11.6 Å². The summed E-state index contributed by atoms with van der Waals surface area (Å²) in [5.41, 5.74) is 3.08. The van der Waals surface area contributed by atoms with E-state index in [1.807, 2.05) is 6.92 Å². The number of carbonyl (C=O) groups excluding carboxylic acids is 1. The molecule has 0 saturated heterocycles. The lowest BCUT2D eigenvalue weighted by Crippen LogP contribution is -2.31. The smallest absolute Gasteiger partial charge is 0.276 e. The monoisotopic (exact) mass is 435 g/mol. The number of nitrogens with one attached hydrogen (secondary N) is 3. The molecule has 144 valence electrons. The summed E-state index contributed by atoms with van der Waals surface area (Å²) in [6.07, 6.45) is 1.55. The van der Waals surface area contributed by atoms with Crippen molar-refractivity contribution >= 4 is 57.7 Å². The number of aromatic nitrogens is 2. The number of pyridine rings is 1. The molecule has 0 spiro atoms. The highest BCUT2D eigenvalue weighted by molar-refractivity contribution is 7.80. The van der Waals surface area contributed by atoms with Crippen molar-refractivity contribution in [3.8, 4) is 0 Å². The zero-order valence-electron chi connectivity index (χ0n) is 14.6. The van der Waals surface area contributed by atoms with Gasteiger partial charge in [0.2, 0.25) is 0 Å². The van der Waals surface area contributed by atoms with E-state index < -0.39 is 5.82 Å². The molecule has 3 N–H and O–H groups in total. The van der Waals surface area contributed by atoms with Crippen molar-refractivity contribution < 1.29 is 9.18 Å². The van der Waals surface area contributed by atoms with E-state index in [1.165, 1.54) is 23.5 Å². The Morgan fingerprint density at radius 1 is 1.29 bits per heavy atom. The zero-order valence-corrected chi connectivity index (χ0v) is 17.0. The molecule has 3 aromatic rings. The number of rotatable bonds is 5. The average molecular weight is 436 g/mol. The topological polar surface area (TPSA) is 78.9 Å². The predicted molar refractivity (Wildman–Crippen MR) is 113 cm³/mol. The number of thiocarbonyl (C=S) groups is 1. The second kappa shape index (κ2) is 9.05. The van der Waals surface area contributed by atoms with Gasteiger partial charge in [-0.1, -0.05) is 17.7 Å². The summed E-state index contributed by atoms with van der Waals surface area (Å²) in [5.74, 6) is -0.548. The molecule has 28 heavy (non-hydrogen) atoms. The van der Waals surface area contributed by atoms with Crippen molar-refractivity contribution in [2.45, 2.75) is 13.0 Å². The third-order valence-electron chi connectivity index (χ3n) is 3.74. The molecule has 0 radical (unpaired) electrons. The number of hydrogen-bond acceptors (Lipinski definition) is 5. The van der Waals surface area contributed by atoms with Crippen LogP contribution in [0.1, 0.15) is 29.0 Å². The number of amides is 1. The highest BCUT2D eigenvalue weighted by atomic mass is 35.5. The van der Waals surface area contributed by atoms with E-state index in [-0.39, 0.29) is 17.0 Å². The van der Waals surface area contributed by atoms with Crippen molar-refractivity contribution in [1.29, 1.82) is 0 Å². The zero-order chi connectivity index (χ0) is 20.1. The van der Waals surface area contributed by atoms with Gasteiger partial charge in [0.15, 0.2) is 10.9 Å². The number of halogens is 2. The van der Waals surface area contributed by atoms with E-state index >= 15 is 0 Å². The molecule has 2 aromatic heterocycles. The van der Waals surface area contributed by atoms with Crippen LogP contribution in [0.3, 0.4) is 0 Å². The maximum atomic E-state index is 13.7. The summed E-state index contributed by atoms with van der Waals surface area (Å²) < 4.78 is 13.7. The summed E-state index contributed by atoms with van der Waals surface area (Å²) in [7, 11) is 0. The average Bonchev–Trinajstić information content (AvgIpc) is 3.20. The predicted octanol–water partition coefficient (Wildman–Crippen LogP) is 4.63. The Balaban J connectivity index is 1.67. The molecule has 0 fully saturated rings. The minimum absolute atomic E-state index is 0.0625. The van der Waals surface area contributed by atoms with Crippen molar-refractivity contribution in [2.24, 2.45) is 0 Å². The molecule has 1 aromatic carbocycles. The minimum Gasteiger partial charge on any atom is -0.356 e. The van der Waals surface area contributed by atoms with Gasteiger partial charge in [0.25, 0.3) is 5.91 Å². The van der Waals surface area contributed by atoms with E-state index in [0.717, 1.165) is 0 Å². The lowest BCUT2D eigenvalue weighted by atomic mass is 10.1. The minimum atomic E-state index is -0.494. The van der Waals surface area contributed by atoms with Gasteiger partial charge in [-0.15, -0.1) is 11.3 Å². The highest BCUT2D eigenvalue weighted by Gasteiger charge is 2.14. The maximum Gasteiger partial charge on any atom is 0.276 e. The van der Waals surface area contributed by atoms with Crippen LogP contribution in [0.2, 0.25) is 5.02 Å². The molecule has 1 amide bonds. The first-order chi connectivity index (χ1) is 13.4. The van der Waals surface area contributed by atoms with Crippen molar-refractivity contribution in [3.05, 3.63) is 69.5 Å². The molecule has 3 rings (SSSR count). The van der Waals surface area contributed by atoms with Crippen molar-refractivity contribution in [2.75, 3.05) is 10.6 Å². The van der Waals surface area contributed by atoms with Gasteiger partial charge in [0.05, 0.1) is 22.3 Å². The van der Waals surface area contributed by atoms with Gasteiger partial charge in [-0.2, -0.15) is 0 Å². The summed E-state index contributed by atoms with van der Waals surface area (Å²) in [6.45, 7) is 1.84. The molecule has 2 heterocycles. The standard InChI is InChI=1S/C18H15ClFN5OS2/c1-10(11-4-5-12(19)13(20)7-11)23-18(27)24-14-3-2-6-21-16(14)25-17(26)15-8-28-9-22-15/h2-10H,1H3,(H,21,25,26)(H2,23,24,27). The van der Waals surface area contributed by atoms with Crippen LogP contribution in [0.5, 0.6) is 0 Å². The van der Waals surface area contributed by atoms with Crippen LogP contribution >= 0.6 is 35.2 Å². The molecular weight excluding hydrogens is 421 g/mol. The largest absolute Gasteiger partial charge is 0.356 e. The van der Waals surface area contributed by atoms with Crippen LogP contribution in [-0.4, -0.2) is 21.0 Å². The fourth-order valence-corrected chi connectivity index (χ4v) is 3.26. The van der Waals surface area contributed by atoms with Crippen LogP contribution in [0, 0.1) is 5.82 Å². The molecule has 6 nitrogen and oxygen atoms in total. The van der Waals surface area contributed by atoms with E-state index in [0.29, 0.717) is 27.9 Å². The van der Waals surface area contributed by atoms with Crippen LogP contribution in [0.15, 0.2) is 47.4 Å². The lowest BCUT2D eigenvalue weighted by Gasteiger charge is -2.18. The Kier molecular flexibility index (Phi) is 6.50. The Morgan fingerprint density at radius 3 is 2.82 bits per heavy atom. The Hall–Kier alpha value is -2.62. The summed E-state index contributed by atoms with van der Waals surface area (Å²) in [6, 6.07) is 7.73. The molecule has 0 aliphatic heterocycles. The Labute approximate surface area is 175 Å². The number of benzene rings is 1. The Morgan fingerprint density at radius 2 is 2.11 bits per heavy atom. The van der Waals surface area contributed by atoms with Gasteiger partial charge in [-0.05, 0) is 49.0 Å². The molecule has 1 unspecified atom stereocenters. The van der Waals surface area contributed by atoms with Gasteiger partial charge in [0.1, 0.15) is 11.5 Å². The first kappa shape index (κ1) is 20.1. The lowest BCUT2D eigenvalue weighted by molar-refractivity contribution is 0.102. The van der Waals surface area contributed by atoms with Crippen molar-refractivity contribution in [1.82, 2.24) is 15.3 Å². The Bertz CT molecular complexity index is 999. The molecular formula is C18H15ClFN5OS2. The maximum absolute atomic E-state index is 13.7. The molecule has 10 heteroatoms. The third kappa shape index (κ3) is 5.00. The van der Waals surface area contributed by atoms with Crippen LogP contribution < -0.4 is 16.0 Å². The second-order valence-electron chi connectivity index (χ2n) is 5.72. The second-order valence-corrected chi connectivity index (χ2v) is 7.26. The first-order valence-electron chi connectivity index (χ1n) is 8.11. The first-order valence-corrected chi connectivity index (χ1v) is 9.84. The van der Waals surface area contributed by atoms with Gasteiger partial charge >= 0.3 is 0 Å². The number of anilines is 2. The number of nitrogens with zero attached hydrogens (tertiary/aromatic N) is 2. The molecule has 1 atom stereocenters. The van der Waals surface area contributed by atoms with Crippen LogP contribution in [0.25, 0.3) is 0 Å². The van der Waals surface area contributed by atoms with Crippen molar-refractivity contribution in [3.63, 3.8) is 0 Å². The third-order valence-corrected chi connectivity index (χ3v) is 4.86. The van der Waals surface area contributed by atoms with Crippen LogP contribution in [0.4, 0.5) is 15.9 Å². The van der Waals surface area contributed by atoms with E-state index in [1.54, 1.807) is 35.3 Å².